The highest BCUT2D eigenvalue weighted by molar-refractivity contribution is 5.12. The molecule has 0 amide bonds. The summed E-state index contributed by atoms with van der Waals surface area (Å²) in [6.07, 6.45) is 0.416. The average molecular weight is 287 g/mol. The molecule has 7 heteroatoms. The Morgan fingerprint density at radius 2 is 1.40 bits per heavy atom. The fourth-order valence-corrected chi connectivity index (χ4v) is 1.37. The third-order valence-corrected chi connectivity index (χ3v) is 2.65. The Morgan fingerprint density at radius 1 is 0.850 bits per heavy atom. The van der Waals surface area contributed by atoms with E-state index in [1.165, 1.54) is 0 Å². The maximum absolute atomic E-state index is 8.86. The fourth-order valence-electron chi connectivity index (χ4n) is 1.37. The second-order valence-electron chi connectivity index (χ2n) is 4.25. The molecule has 0 unspecified atom stereocenters. The van der Waals surface area contributed by atoms with Gasteiger partial charge in [0, 0.05) is 6.20 Å². The molecule has 114 valence electrons. The van der Waals surface area contributed by atoms with Gasteiger partial charge in [0.15, 0.2) is 0 Å². The number of aliphatic hydroxyl groups is 4. The van der Waals surface area contributed by atoms with Crippen LogP contribution in [-0.2, 0) is 22.7 Å². The van der Waals surface area contributed by atoms with Crippen LogP contribution in [0, 0.1) is 0 Å². The van der Waals surface area contributed by atoms with E-state index in [4.69, 9.17) is 29.9 Å². The summed E-state index contributed by atoms with van der Waals surface area (Å²) < 4.78 is 10.5. The van der Waals surface area contributed by atoms with Gasteiger partial charge in [-0.05, 0) is 11.6 Å². The number of aliphatic hydroxyl groups excluding tert-OH is 4. The van der Waals surface area contributed by atoms with Gasteiger partial charge in [0.2, 0.25) is 0 Å². The van der Waals surface area contributed by atoms with Crippen molar-refractivity contribution >= 4 is 0 Å². The van der Waals surface area contributed by atoms with Gasteiger partial charge < -0.3 is 29.9 Å². The number of ether oxygens (including phenoxy) is 2. The zero-order valence-electron chi connectivity index (χ0n) is 11.2. The number of pyridine rings is 1. The Morgan fingerprint density at radius 3 is 1.85 bits per heavy atom. The molecule has 0 aliphatic carbocycles. The van der Waals surface area contributed by atoms with Crippen molar-refractivity contribution in [2.45, 2.75) is 25.4 Å². The van der Waals surface area contributed by atoms with Crippen LogP contribution in [0.5, 0.6) is 0 Å². The van der Waals surface area contributed by atoms with E-state index < -0.39 is 12.2 Å². The summed E-state index contributed by atoms with van der Waals surface area (Å²) >= 11 is 0. The third kappa shape index (κ3) is 5.91. The minimum atomic E-state index is -0.602. The van der Waals surface area contributed by atoms with Gasteiger partial charge in [-0.15, -0.1) is 0 Å². The molecule has 0 aromatic carbocycles. The molecule has 0 spiro atoms. The molecule has 7 nitrogen and oxygen atoms in total. The topological polar surface area (TPSA) is 112 Å². The Hall–Kier alpha value is -1.09. The lowest BCUT2D eigenvalue weighted by molar-refractivity contribution is -0.0303. The second kappa shape index (κ2) is 9.76. The van der Waals surface area contributed by atoms with Gasteiger partial charge >= 0.3 is 0 Å². The lowest BCUT2D eigenvalue weighted by Gasteiger charge is -2.13. The summed E-state index contributed by atoms with van der Waals surface area (Å²) in [4.78, 5) is 4.16. The highest BCUT2D eigenvalue weighted by Crippen LogP contribution is 2.06. The monoisotopic (exact) mass is 287 g/mol. The minimum absolute atomic E-state index is 0.197. The summed E-state index contributed by atoms with van der Waals surface area (Å²) in [5.74, 6) is 0. The Bertz CT molecular complexity index is 315. The van der Waals surface area contributed by atoms with Crippen LogP contribution in [0.4, 0.5) is 0 Å². The van der Waals surface area contributed by atoms with Crippen LogP contribution < -0.4 is 0 Å². The lowest BCUT2D eigenvalue weighted by Crippen LogP contribution is -2.22. The maximum Gasteiger partial charge on any atom is 0.104 e. The van der Waals surface area contributed by atoms with E-state index >= 15 is 0 Å². The van der Waals surface area contributed by atoms with Gasteiger partial charge in [-0.1, -0.05) is 6.07 Å². The van der Waals surface area contributed by atoms with Gasteiger partial charge in [-0.3, -0.25) is 4.98 Å². The lowest BCUT2D eigenvalue weighted by atomic mass is 10.2. The normalized spacial score (nSPS) is 11.5. The van der Waals surface area contributed by atoms with Crippen molar-refractivity contribution < 1.29 is 29.9 Å². The first-order valence-electron chi connectivity index (χ1n) is 6.33. The highest BCUT2D eigenvalue weighted by Gasteiger charge is 2.08. The van der Waals surface area contributed by atoms with Crippen LogP contribution in [0.3, 0.4) is 0 Å². The van der Waals surface area contributed by atoms with Gasteiger partial charge in [0.25, 0.3) is 0 Å². The molecule has 1 heterocycles. The van der Waals surface area contributed by atoms with E-state index in [0.717, 1.165) is 5.56 Å². The fraction of sp³-hybridized carbons (Fsp3) is 0.615. The largest absolute Gasteiger partial charge is 0.394 e. The van der Waals surface area contributed by atoms with Crippen LogP contribution in [0.2, 0.25) is 0 Å². The quantitative estimate of drug-likeness (QED) is 0.428. The van der Waals surface area contributed by atoms with Crippen molar-refractivity contribution in [1.82, 2.24) is 4.98 Å². The number of rotatable bonds is 10. The number of aromatic nitrogens is 1. The molecule has 4 N–H and O–H groups in total. The number of hydrogen-bond donors (Lipinski definition) is 4. The molecular weight excluding hydrogens is 266 g/mol. The molecule has 0 fully saturated rings. The maximum atomic E-state index is 8.86. The van der Waals surface area contributed by atoms with E-state index in [-0.39, 0.29) is 39.6 Å². The molecule has 0 saturated carbocycles. The summed E-state index contributed by atoms with van der Waals surface area (Å²) in [6, 6.07) is 3.54. The number of hydrogen-bond acceptors (Lipinski definition) is 7. The van der Waals surface area contributed by atoms with Crippen molar-refractivity contribution in [2.75, 3.05) is 26.4 Å². The van der Waals surface area contributed by atoms with Crippen LogP contribution >= 0.6 is 0 Å². The van der Waals surface area contributed by atoms with Crippen LogP contribution in [0.1, 0.15) is 11.3 Å². The molecule has 0 saturated heterocycles. The van der Waals surface area contributed by atoms with Gasteiger partial charge in [-0.25, -0.2) is 0 Å². The Balaban J connectivity index is 2.40. The van der Waals surface area contributed by atoms with Gasteiger partial charge in [0.1, 0.15) is 12.2 Å². The smallest absolute Gasteiger partial charge is 0.104 e. The molecule has 0 atom stereocenters. The van der Waals surface area contributed by atoms with E-state index in [0.29, 0.717) is 5.69 Å². The van der Waals surface area contributed by atoms with Crippen molar-refractivity contribution in [3.8, 4) is 0 Å². The predicted octanol–water partition coefficient (Wildman–Crippen LogP) is -1.18. The summed E-state index contributed by atoms with van der Waals surface area (Å²) in [6.45, 7) is -0.518. The van der Waals surface area contributed by atoms with E-state index in [1.54, 1.807) is 18.3 Å². The first-order chi connectivity index (χ1) is 9.73. The van der Waals surface area contributed by atoms with Crippen molar-refractivity contribution in [2.24, 2.45) is 0 Å². The van der Waals surface area contributed by atoms with E-state index in [9.17, 15) is 0 Å². The summed E-state index contributed by atoms with van der Waals surface area (Å²) in [5.41, 5.74) is 1.48. The molecular formula is C13H21NO6. The van der Waals surface area contributed by atoms with Crippen molar-refractivity contribution in [3.05, 3.63) is 29.6 Å². The molecule has 1 aromatic rings. The average Bonchev–Trinajstić information content (AvgIpc) is 2.50. The first kappa shape index (κ1) is 17.0. The predicted molar refractivity (Wildman–Crippen MR) is 69.7 cm³/mol. The molecule has 20 heavy (non-hydrogen) atoms. The third-order valence-electron chi connectivity index (χ3n) is 2.65. The highest BCUT2D eigenvalue weighted by atomic mass is 16.5. The second-order valence-corrected chi connectivity index (χ2v) is 4.25. The first-order valence-corrected chi connectivity index (χ1v) is 6.33. The minimum Gasteiger partial charge on any atom is -0.394 e. The SMILES string of the molecule is OCC(CO)OCc1ccc(COC(CO)CO)nc1. The zero-order chi connectivity index (χ0) is 14.8. The van der Waals surface area contributed by atoms with Gasteiger partial charge in [0.05, 0.1) is 45.3 Å². The molecule has 1 rings (SSSR count). The van der Waals surface area contributed by atoms with Crippen molar-refractivity contribution in [3.63, 3.8) is 0 Å². The molecule has 0 bridgehead atoms. The Kier molecular flexibility index (Phi) is 8.28. The molecule has 1 aromatic heterocycles. The molecule has 0 aliphatic heterocycles. The van der Waals surface area contributed by atoms with E-state index in [1.807, 2.05) is 0 Å². The zero-order valence-corrected chi connectivity index (χ0v) is 11.2. The van der Waals surface area contributed by atoms with Crippen LogP contribution in [0.15, 0.2) is 18.3 Å². The van der Waals surface area contributed by atoms with Crippen LogP contribution in [-0.4, -0.2) is 64.0 Å². The summed E-state index contributed by atoms with van der Waals surface area (Å²) in [5, 5.41) is 35.4. The summed E-state index contributed by atoms with van der Waals surface area (Å²) in [7, 11) is 0. The molecule has 0 aliphatic rings. The van der Waals surface area contributed by atoms with Gasteiger partial charge in [-0.2, -0.15) is 0 Å². The molecule has 0 radical (unpaired) electrons. The standard InChI is InChI=1S/C13H21NO6/c15-4-12(5-16)19-8-10-1-2-11(14-3-10)9-20-13(6-17)7-18/h1-3,12-13,15-18H,4-9H2. The van der Waals surface area contributed by atoms with Crippen molar-refractivity contribution in [1.29, 1.82) is 0 Å². The Labute approximate surface area is 117 Å². The number of nitrogens with zero attached hydrogens (tertiary/aromatic N) is 1. The van der Waals surface area contributed by atoms with E-state index in [2.05, 4.69) is 4.98 Å². The van der Waals surface area contributed by atoms with Crippen LogP contribution in [0.25, 0.3) is 0 Å².